The fourth-order valence-corrected chi connectivity index (χ4v) is 3.12. The first-order valence-electron chi connectivity index (χ1n) is 7.07. The minimum absolute atomic E-state index is 0.118. The molecule has 2 amide bonds. The first-order valence-corrected chi connectivity index (χ1v) is 7.07. The van der Waals surface area contributed by atoms with Crippen LogP contribution in [0.15, 0.2) is 24.3 Å². The molecule has 3 atom stereocenters. The maximum Gasteiger partial charge on any atom is 0.573 e. The van der Waals surface area contributed by atoms with Gasteiger partial charge < -0.3 is 20.7 Å². The van der Waals surface area contributed by atoms with E-state index in [0.717, 1.165) is 31.5 Å². The van der Waals surface area contributed by atoms with Crippen LogP contribution in [0.1, 0.15) is 12.8 Å². The minimum atomic E-state index is -4.72. The van der Waals surface area contributed by atoms with Gasteiger partial charge in [-0.3, -0.25) is 0 Å². The normalized spacial score (nSPS) is 26.8. The van der Waals surface area contributed by atoms with Gasteiger partial charge >= 0.3 is 12.4 Å². The highest BCUT2D eigenvalue weighted by molar-refractivity contribution is 5.89. The van der Waals surface area contributed by atoms with Crippen LogP contribution >= 0.6 is 0 Å². The molecule has 22 heavy (non-hydrogen) atoms. The number of carbonyl (C=O) groups is 1. The molecule has 0 aromatic heterocycles. The van der Waals surface area contributed by atoms with Crippen LogP contribution < -0.4 is 20.7 Å². The molecule has 1 aromatic rings. The van der Waals surface area contributed by atoms with Crippen LogP contribution in [0, 0.1) is 5.92 Å². The molecule has 1 aliphatic heterocycles. The Bertz CT molecular complexity index is 527. The highest BCUT2D eigenvalue weighted by atomic mass is 19.4. The van der Waals surface area contributed by atoms with Gasteiger partial charge in [-0.15, -0.1) is 13.2 Å². The van der Waals surface area contributed by atoms with Crippen molar-refractivity contribution in [1.82, 2.24) is 10.6 Å². The number of urea groups is 1. The number of rotatable bonds is 3. The van der Waals surface area contributed by atoms with E-state index >= 15 is 0 Å². The summed E-state index contributed by atoms with van der Waals surface area (Å²) in [5.41, 5.74) is 0.408. The van der Waals surface area contributed by atoms with Crippen LogP contribution in [0.25, 0.3) is 0 Å². The lowest BCUT2D eigenvalue weighted by molar-refractivity contribution is -0.274. The highest BCUT2D eigenvalue weighted by Crippen LogP contribution is 2.31. The zero-order valence-electron chi connectivity index (χ0n) is 11.6. The van der Waals surface area contributed by atoms with Crippen molar-refractivity contribution in [3.8, 4) is 5.75 Å². The third-order valence-corrected chi connectivity index (χ3v) is 4.08. The van der Waals surface area contributed by atoms with Gasteiger partial charge in [0, 0.05) is 24.3 Å². The summed E-state index contributed by atoms with van der Waals surface area (Å²) < 4.78 is 39.9. The Kier molecular flexibility index (Phi) is 3.86. The van der Waals surface area contributed by atoms with Gasteiger partial charge in [0.15, 0.2) is 0 Å². The lowest BCUT2D eigenvalue weighted by Crippen LogP contribution is -2.44. The van der Waals surface area contributed by atoms with Crippen molar-refractivity contribution in [2.24, 2.45) is 5.92 Å². The zero-order chi connectivity index (χ0) is 15.7. The summed E-state index contributed by atoms with van der Waals surface area (Å²) in [5.74, 6) is 0.134. The van der Waals surface area contributed by atoms with Gasteiger partial charge in [-0.05, 0) is 43.0 Å². The molecule has 1 aliphatic carbocycles. The lowest BCUT2D eigenvalue weighted by atomic mass is 10.1. The number of halogens is 3. The minimum Gasteiger partial charge on any atom is -0.406 e. The van der Waals surface area contributed by atoms with Crippen molar-refractivity contribution >= 4 is 11.7 Å². The Morgan fingerprint density at radius 1 is 1.23 bits per heavy atom. The van der Waals surface area contributed by atoms with Gasteiger partial charge in [-0.25, -0.2) is 4.79 Å². The van der Waals surface area contributed by atoms with E-state index in [9.17, 15) is 18.0 Å². The van der Waals surface area contributed by atoms with Crippen LogP contribution in [-0.4, -0.2) is 31.0 Å². The van der Waals surface area contributed by atoms with Crippen molar-refractivity contribution in [3.05, 3.63) is 24.3 Å². The number of anilines is 1. The Morgan fingerprint density at radius 2 is 1.95 bits per heavy atom. The number of hydrogen-bond donors (Lipinski definition) is 3. The number of benzene rings is 1. The third-order valence-electron chi connectivity index (χ3n) is 4.08. The second-order valence-electron chi connectivity index (χ2n) is 5.55. The topological polar surface area (TPSA) is 62.4 Å². The van der Waals surface area contributed by atoms with E-state index in [4.69, 9.17) is 0 Å². The molecule has 2 aliphatic rings. The van der Waals surface area contributed by atoms with E-state index in [1.165, 1.54) is 12.1 Å². The van der Waals surface area contributed by atoms with Gasteiger partial charge in [0.2, 0.25) is 0 Å². The average Bonchev–Trinajstić information content (AvgIpc) is 2.99. The molecule has 0 spiro atoms. The first-order chi connectivity index (χ1) is 10.4. The van der Waals surface area contributed by atoms with E-state index in [2.05, 4.69) is 20.7 Å². The predicted molar refractivity (Wildman–Crippen MR) is 73.6 cm³/mol. The number of amides is 2. The first kappa shape index (κ1) is 15.0. The highest BCUT2D eigenvalue weighted by Gasteiger charge is 2.42. The number of piperidine rings is 1. The Morgan fingerprint density at radius 3 is 2.45 bits per heavy atom. The fraction of sp³-hybridized carbons (Fsp3) is 0.500. The number of alkyl halides is 3. The number of hydrogen-bond acceptors (Lipinski definition) is 3. The summed E-state index contributed by atoms with van der Waals surface area (Å²) in [6.07, 6.45) is -2.56. The summed E-state index contributed by atoms with van der Waals surface area (Å²) in [5, 5.41) is 8.87. The van der Waals surface area contributed by atoms with Crippen LogP contribution in [-0.2, 0) is 0 Å². The van der Waals surface area contributed by atoms with Crippen LogP contribution in [0.4, 0.5) is 23.7 Å². The van der Waals surface area contributed by atoms with Crippen LogP contribution in [0.3, 0.4) is 0 Å². The second kappa shape index (κ2) is 5.68. The molecule has 2 bridgehead atoms. The number of nitrogens with one attached hydrogen (secondary N) is 3. The quantitative estimate of drug-likeness (QED) is 0.803. The Hall–Kier alpha value is -1.96. The monoisotopic (exact) mass is 315 g/mol. The van der Waals surface area contributed by atoms with Crippen molar-refractivity contribution in [2.45, 2.75) is 31.3 Å². The van der Waals surface area contributed by atoms with E-state index < -0.39 is 6.36 Å². The number of carbonyl (C=O) groups excluding carboxylic acids is 1. The molecule has 5 nitrogen and oxygen atoms in total. The average molecular weight is 315 g/mol. The summed E-state index contributed by atoms with van der Waals surface area (Å²) in [6.45, 7) is 0.916. The van der Waals surface area contributed by atoms with E-state index in [0.29, 0.717) is 17.6 Å². The van der Waals surface area contributed by atoms with Gasteiger partial charge in [0.25, 0.3) is 0 Å². The molecule has 1 aromatic carbocycles. The molecule has 3 N–H and O–H groups in total. The van der Waals surface area contributed by atoms with Crippen LogP contribution in [0.5, 0.6) is 5.75 Å². The summed E-state index contributed by atoms with van der Waals surface area (Å²) in [6, 6.07) is 5.12. The molecule has 0 unspecified atom stereocenters. The maximum absolute atomic E-state index is 12.1. The third kappa shape index (κ3) is 3.44. The van der Waals surface area contributed by atoms with E-state index in [-0.39, 0.29) is 17.8 Å². The molecular formula is C14H16F3N3O2. The summed E-state index contributed by atoms with van der Waals surface area (Å²) in [4.78, 5) is 11.9. The molecule has 1 saturated heterocycles. The van der Waals surface area contributed by atoms with Crippen molar-refractivity contribution < 1.29 is 22.7 Å². The van der Waals surface area contributed by atoms with E-state index in [1.54, 1.807) is 0 Å². The standard InChI is InChI=1S/C14H16F3N3O2/c15-14(16,17)22-10-4-2-9(3-5-10)19-13(21)20-12-8-1-6-11(12)18-7-8/h2-5,8,11-12,18H,1,6-7H2,(H2,19,20,21)/t8-,11-,12+/m1/s1. The molecule has 0 radical (unpaired) electrons. The lowest BCUT2D eigenvalue weighted by Gasteiger charge is -2.17. The zero-order valence-corrected chi connectivity index (χ0v) is 11.6. The smallest absolute Gasteiger partial charge is 0.406 e. The molecular weight excluding hydrogens is 299 g/mol. The Labute approximate surface area is 125 Å². The van der Waals surface area contributed by atoms with Gasteiger partial charge in [0.1, 0.15) is 5.75 Å². The van der Waals surface area contributed by atoms with Crippen molar-refractivity contribution in [3.63, 3.8) is 0 Å². The van der Waals surface area contributed by atoms with Gasteiger partial charge in [-0.1, -0.05) is 0 Å². The van der Waals surface area contributed by atoms with Gasteiger partial charge in [0.05, 0.1) is 0 Å². The largest absolute Gasteiger partial charge is 0.573 e. The summed E-state index contributed by atoms with van der Waals surface area (Å²) >= 11 is 0. The second-order valence-corrected chi connectivity index (χ2v) is 5.55. The van der Waals surface area contributed by atoms with Crippen LogP contribution in [0.2, 0.25) is 0 Å². The van der Waals surface area contributed by atoms with Gasteiger partial charge in [-0.2, -0.15) is 0 Å². The molecule has 8 heteroatoms. The summed E-state index contributed by atoms with van der Waals surface area (Å²) in [7, 11) is 0. The fourth-order valence-electron chi connectivity index (χ4n) is 3.12. The predicted octanol–water partition coefficient (Wildman–Crippen LogP) is 2.46. The Balaban J connectivity index is 1.53. The number of ether oxygens (including phenoxy) is 1. The van der Waals surface area contributed by atoms with Crippen molar-refractivity contribution in [2.75, 3.05) is 11.9 Å². The molecule has 2 fully saturated rings. The molecule has 1 saturated carbocycles. The molecule has 3 rings (SSSR count). The number of fused-ring (bicyclic) bond motifs is 2. The van der Waals surface area contributed by atoms with Crippen molar-refractivity contribution in [1.29, 1.82) is 0 Å². The van der Waals surface area contributed by atoms with E-state index in [1.807, 2.05) is 0 Å². The molecule has 120 valence electrons. The SMILES string of the molecule is O=C(Nc1ccc(OC(F)(F)F)cc1)N[C@H]1[C@@H]2CC[C@H]1NC2. The molecule has 1 heterocycles. The maximum atomic E-state index is 12.1.